The van der Waals surface area contributed by atoms with Crippen LogP contribution in [0, 0.1) is 0 Å². The first-order valence-electron chi connectivity index (χ1n) is 25.0. The third kappa shape index (κ3) is 7.75. The van der Waals surface area contributed by atoms with Crippen LogP contribution < -0.4 is 4.90 Å². The second-order valence-electron chi connectivity index (χ2n) is 18.9. The molecule has 0 saturated carbocycles. The van der Waals surface area contributed by atoms with Crippen LogP contribution in [0.25, 0.3) is 114 Å². The Morgan fingerprint density at radius 1 is 0.247 bits per heavy atom. The number of fused-ring (bicyclic) bond motifs is 7. The van der Waals surface area contributed by atoms with E-state index in [9.17, 15) is 0 Å². The zero-order valence-corrected chi connectivity index (χ0v) is 40.7. The van der Waals surface area contributed by atoms with Crippen LogP contribution in [0.15, 0.2) is 279 Å². The maximum atomic E-state index is 2.37. The third-order valence-electron chi connectivity index (χ3n) is 14.6. The van der Waals surface area contributed by atoms with Gasteiger partial charge in [0.25, 0.3) is 0 Å². The van der Waals surface area contributed by atoms with Crippen LogP contribution in [0.4, 0.5) is 17.1 Å². The van der Waals surface area contributed by atoms with E-state index < -0.39 is 0 Å². The maximum Gasteiger partial charge on any atom is 0.0541 e. The minimum absolute atomic E-state index is 1.09. The molecule has 0 N–H and O–H groups in total. The van der Waals surface area contributed by atoms with Crippen LogP contribution in [0.1, 0.15) is 0 Å². The van der Waals surface area contributed by atoms with Gasteiger partial charge in [-0.3, -0.25) is 0 Å². The Hall–Kier alpha value is -9.28. The molecule has 0 fully saturated rings. The van der Waals surface area contributed by atoms with Gasteiger partial charge in [-0.25, -0.2) is 0 Å². The van der Waals surface area contributed by atoms with Gasteiger partial charge in [0.1, 0.15) is 0 Å². The van der Waals surface area contributed by atoms with Crippen molar-refractivity contribution in [2.24, 2.45) is 0 Å². The fraction of sp³-hybridized carbons (Fsp3) is 0. The lowest BCUT2D eigenvalue weighted by atomic mass is 9.98. The zero-order chi connectivity index (χ0) is 48.2. The molecular formula is C70H46N2S. The Balaban J connectivity index is 0.763. The highest BCUT2D eigenvalue weighted by Crippen LogP contribution is 2.41. The van der Waals surface area contributed by atoms with E-state index >= 15 is 0 Å². The molecule has 3 heteroatoms. The van der Waals surface area contributed by atoms with Gasteiger partial charge in [0.2, 0.25) is 0 Å². The number of nitrogens with zero attached hydrogens (tertiary/aromatic N) is 2. The summed E-state index contributed by atoms with van der Waals surface area (Å²) in [7, 11) is 0. The van der Waals surface area contributed by atoms with E-state index in [0.717, 1.165) is 17.1 Å². The molecule has 0 spiro atoms. The molecule has 342 valence electrons. The number of benzene rings is 12. The summed E-state index contributed by atoms with van der Waals surface area (Å²) in [5, 5.41) is 7.66. The molecule has 0 amide bonds. The molecule has 0 unspecified atom stereocenters. The molecule has 2 nitrogen and oxygen atoms in total. The number of aromatic nitrogens is 1. The molecule has 0 aliphatic rings. The molecule has 0 atom stereocenters. The van der Waals surface area contributed by atoms with Gasteiger partial charge in [-0.2, -0.15) is 0 Å². The van der Waals surface area contributed by atoms with Crippen molar-refractivity contribution in [3.05, 3.63) is 279 Å². The summed E-state index contributed by atoms with van der Waals surface area (Å²) in [4.78, 5) is 2.36. The number of hydrogen-bond acceptors (Lipinski definition) is 2. The summed E-state index contributed by atoms with van der Waals surface area (Å²) in [5.41, 5.74) is 18.9. The van der Waals surface area contributed by atoms with E-state index in [1.807, 2.05) is 11.3 Å². The van der Waals surface area contributed by atoms with Gasteiger partial charge in [0, 0.05) is 53.7 Å². The van der Waals surface area contributed by atoms with Gasteiger partial charge < -0.3 is 9.47 Å². The van der Waals surface area contributed by atoms with Crippen LogP contribution >= 0.6 is 11.3 Å². The first-order valence-corrected chi connectivity index (χ1v) is 25.8. The van der Waals surface area contributed by atoms with Crippen molar-refractivity contribution in [2.75, 3.05) is 4.90 Å². The SMILES string of the molecule is c1ccc(-n2c3ccccc3c3cc(-c4ccc(-c5ccc(N(c6ccc(-c7ccc(-c8ccc9sc%10ccccc%10c9c8)cc7)cc6)c6ccc(-c7ccc8ccccc8c7)cc6)cc5)cc4)ccc32)cc1. The molecule has 73 heavy (non-hydrogen) atoms. The van der Waals surface area contributed by atoms with Gasteiger partial charge >= 0.3 is 0 Å². The number of thiophene rings is 1. The zero-order valence-electron chi connectivity index (χ0n) is 39.9. The van der Waals surface area contributed by atoms with Crippen LogP contribution in [-0.2, 0) is 0 Å². The first kappa shape index (κ1) is 42.6. The van der Waals surface area contributed by atoms with Crippen molar-refractivity contribution in [3.8, 4) is 61.3 Å². The fourth-order valence-electron chi connectivity index (χ4n) is 10.8. The number of rotatable bonds is 9. The van der Waals surface area contributed by atoms with Gasteiger partial charge in [-0.15, -0.1) is 11.3 Å². The van der Waals surface area contributed by atoms with E-state index in [2.05, 4.69) is 289 Å². The van der Waals surface area contributed by atoms with Crippen molar-refractivity contribution >= 4 is 81.1 Å². The Bertz CT molecular complexity index is 4320. The lowest BCUT2D eigenvalue weighted by molar-refractivity contribution is 1.18. The summed E-state index contributed by atoms with van der Waals surface area (Å²) < 4.78 is 5.03. The second-order valence-corrected chi connectivity index (χ2v) is 20.0. The van der Waals surface area contributed by atoms with Gasteiger partial charge in [-0.05, 0) is 157 Å². The largest absolute Gasteiger partial charge is 0.311 e. The summed E-state index contributed by atoms with van der Waals surface area (Å²) in [6, 6.07) is 102. The molecule has 2 heterocycles. The van der Waals surface area contributed by atoms with Gasteiger partial charge in [0.15, 0.2) is 0 Å². The van der Waals surface area contributed by atoms with Crippen molar-refractivity contribution in [2.45, 2.75) is 0 Å². The molecule has 14 aromatic rings. The van der Waals surface area contributed by atoms with Crippen LogP contribution in [-0.4, -0.2) is 4.57 Å². The van der Waals surface area contributed by atoms with E-state index in [1.165, 1.54) is 114 Å². The van der Waals surface area contributed by atoms with E-state index in [1.54, 1.807) is 0 Å². The minimum atomic E-state index is 1.09. The molecule has 0 aliphatic carbocycles. The lowest BCUT2D eigenvalue weighted by Crippen LogP contribution is -2.09. The summed E-state index contributed by atoms with van der Waals surface area (Å²) >= 11 is 1.86. The lowest BCUT2D eigenvalue weighted by Gasteiger charge is -2.26. The maximum absolute atomic E-state index is 2.37. The monoisotopic (exact) mass is 946 g/mol. The van der Waals surface area contributed by atoms with Crippen molar-refractivity contribution in [1.82, 2.24) is 4.57 Å². The van der Waals surface area contributed by atoms with E-state index in [4.69, 9.17) is 0 Å². The molecule has 0 bridgehead atoms. The molecule has 14 rings (SSSR count). The second kappa shape index (κ2) is 17.8. The van der Waals surface area contributed by atoms with Gasteiger partial charge in [0.05, 0.1) is 11.0 Å². The fourth-order valence-corrected chi connectivity index (χ4v) is 11.9. The molecule has 0 saturated heterocycles. The standard InChI is InChI=1S/C70H46N2S/c1-2-12-59(13-3-1)72-67-16-8-6-14-63(67)65-45-57(34-42-68(65)72)52-22-18-48(19-23-52)50-28-36-60(37-29-50)71(62-40-32-54(33-41-62)56-27-26-47-10-4-5-11-55(47)44-56)61-38-30-51(31-39-61)49-20-24-53(25-21-49)58-35-43-70-66(46-58)64-15-7-9-17-69(64)73-70/h1-46H. The van der Waals surface area contributed by atoms with E-state index in [0.29, 0.717) is 0 Å². The van der Waals surface area contributed by atoms with Crippen LogP contribution in [0.5, 0.6) is 0 Å². The average molecular weight is 947 g/mol. The Labute approximate surface area is 428 Å². The average Bonchev–Trinajstić information content (AvgIpc) is 4.02. The smallest absolute Gasteiger partial charge is 0.0541 e. The number of anilines is 3. The van der Waals surface area contributed by atoms with Crippen molar-refractivity contribution in [3.63, 3.8) is 0 Å². The highest BCUT2D eigenvalue weighted by Gasteiger charge is 2.16. The van der Waals surface area contributed by atoms with Crippen molar-refractivity contribution < 1.29 is 0 Å². The minimum Gasteiger partial charge on any atom is -0.311 e. The molecule has 2 aromatic heterocycles. The number of para-hydroxylation sites is 2. The summed E-state index contributed by atoms with van der Waals surface area (Å²) in [5.74, 6) is 0. The van der Waals surface area contributed by atoms with Gasteiger partial charge in [-0.1, -0.05) is 188 Å². The predicted octanol–water partition coefficient (Wildman–Crippen LogP) is 20.1. The Morgan fingerprint density at radius 3 is 1.25 bits per heavy atom. The Kier molecular flexibility index (Phi) is 10.4. The van der Waals surface area contributed by atoms with E-state index in [-0.39, 0.29) is 0 Å². The first-order chi connectivity index (χ1) is 36.1. The predicted molar refractivity (Wildman–Crippen MR) is 313 cm³/mol. The topological polar surface area (TPSA) is 8.17 Å². The molecular weight excluding hydrogens is 901 g/mol. The third-order valence-corrected chi connectivity index (χ3v) is 15.8. The normalized spacial score (nSPS) is 11.6. The summed E-state index contributed by atoms with van der Waals surface area (Å²) in [6.07, 6.45) is 0. The van der Waals surface area contributed by atoms with Crippen LogP contribution in [0.3, 0.4) is 0 Å². The molecule has 12 aromatic carbocycles. The highest BCUT2D eigenvalue weighted by molar-refractivity contribution is 7.25. The van der Waals surface area contributed by atoms with Crippen LogP contribution in [0.2, 0.25) is 0 Å². The Morgan fingerprint density at radius 2 is 0.644 bits per heavy atom. The molecule has 0 radical (unpaired) electrons. The highest BCUT2D eigenvalue weighted by atomic mass is 32.1. The summed E-state index contributed by atoms with van der Waals surface area (Å²) in [6.45, 7) is 0. The number of hydrogen-bond donors (Lipinski definition) is 0. The quantitative estimate of drug-likeness (QED) is 0.140. The molecule has 0 aliphatic heterocycles. The van der Waals surface area contributed by atoms with Crippen molar-refractivity contribution in [1.29, 1.82) is 0 Å².